The van der Waals surface area contributed by atoms with Gasteiger partial charge in [-0.2, -0.15) is 0 Å². The first-order valence-corrected chi connectivity index (χ1v) is 7.30. The highest BCUT2D eigenvalue weighted by Crippen LogP contribution is 2.11. The predicted molar refractivity (Wildman–Crippen MR) is 84.2 cm³/mol. The third-order valence-corrected chi connectivity index (χ3v) is 3.23. The van der Waals surface area contributed by atoms with Crippen molar-refractivity contribution in [2.24, 2.45) is 0 Å². The summed E-state index contributed by atoms with van der Waals surface area (Å²) < 4.78 is 0. The number of hydrogen-bond acceptors (Lipinski definition) is 2. The van der Waals surface area contributed by atoms with E-state index in [1.54, 1.807) is 0 Å². The van der Waals surface area contributed by atoms with Crippen molar-refractivity contribution in [3.05, 3.63) is 48.0 Å². The second kappa shape index (κ2) is 8.89. The summed E-state index contributed by atoms with van der Waals surface area (Å²) in [5, 5.41) is 3.45. The van der Waals surface area contributed by atoms with E-state index in [0.29, 0.717) is 6.04 Å². The molecule has 0 saturated carbocycles. The largest absolute Gasteiger partial charge is 0.313 e. The van der Waals surface area contributed by atoms with Gasteiger partial charge in [0.05, 0.1) is 0 Å². The lowest BCUT2D eigenvalue weighted by Crippen LogP contribution is -2.30. The van der Waals surface area contributed by atoms with E-state index in [4.69, 9.17) is 0 Å². The molecule has 2 nitrogen and oxygen atoms in total. The highest BCUT2D eigenvalue weighted by atomic mass is 15.1. The van der Waals surface area contributed by atoms with E-state index in [0.717, 1.165) is 26.2 Å². The molecule has 106 valence electrons. The van der Waals surface area contributed by atoms with Crippen LogP contribution < -0.4 is 5.32 Å². The molecule has 1 rings (SSSR count). The maximum atomic E-state index is 3.84. The molecule has 1 N–H and O–H groups in total. The van der Waals surface area contributed by atoms with Crippen molar-refractivity contribution in [2.75, 3.05) is 13.1 Å². The lowest BCUT2D eigenvalue weighted by atomic mass is 10.1. The van der Waals surface area contributed by atoms with Crippen LogP contribution in [0.25, 0.3) is 0 Å². The normalized spacial score (nSPS) is 11.2. The standard InChI is InChI=1S/C17H28N2/c1-5-10-18-13-16-8-7-9-17(12-16)14-19(11-6-2)15(3)4/h6-9,12,15,18H,2,5,10-11,13-14H2,1,3-4H3. The maximum Gasteiger partial charge on any atom is 0.0239 e. The van der Waals surface area contributed by atoms with Crippen molar-refractivity contribution in [1.29, 1.82) is 0 Å². The van der Waals surface area contributed by atoms with E-state index in [1.807, 2.05) is 6.08 Å². The van der Waals surface area contributed by atoms with E-state index >= 15 is 0 Å². The monoisotopic (exact) mass is 260 g/mol. The van der Waals surface area contributed by atoms with Crippen LogP contribution in [0, 0.1) is 0 Å². The van der Waals surface area contributed by atoms with Crippen molar-refractivity contribution in [3.8, 4) is 0 Å². The minimum atomic E-state index is 0.542. The van der Waals surface area contributed by atoms with Crippen LogP contribution in [0.1, 0.15) is 38.3 Å². The van der Waals surface area contributed by atoms with E-state index in [-0.39, 0.29) is 0 Å². The first-order valence-electron chi connectivity index (χ1n) is 7.30. The summed E-state index contributed by atoms with van der Waals surface area (Å²) in [6, 6.07) is 9.41. The molecular weight excluding hydrogens is 232 g/mol. The van der Waals surface area contributed by atoms with E-state index in [9.17, 15) is 0 Å². The van der Waals surface area contributed by atoms with Gasteiger partial charge in [0.2, 0.25) is 0 Å². The van der Waals surface area contributed by atoms with Crippen LogP contribution in [-0.4, -0.2) is 24.0 Å². The zero-order valence-corrected chi connectivity index (χ0v) is 12.7. The Bertz CT molecular complexity index is 371. The van der Waals surface area contributed by atoms with Gasteiger partial charge in [-0.25, -0.2) is 0 Å². The van der Waals surface area contributed by atoms with Crippen molar-refractivity contribution in [3.63, 3.8) is 0 Å². The molecule has 0 aliphatic rings. The van der Waals surface area contributed by atoms with Crippen LogP contribution in [0.5, 0.6) is 0 Å². The average Bonchev–Trinajstić information content (AvgIpc) is 2.39. The van der Waals surface area contributed by atoms with Crippen LogP contribution in [0.4, 0.5) is 0 Å². The summed E-state index contributed by atoms with van der Waals surface area (Å²) in [4.78, 5) is 2.42. The van der Waals surface area contributed by atoms with Crippen LogP contribution in [0.15, 0.2) is 36.9 Å². The number of nitrogens with zero attached hydrogens (tertiary/aromatic N) is 1. The Kier molecular flexibility index (Phi) is 7.46. The minimum Gasteiger partial charge on any atom is -0.313 e. The highest BCUT2D eigenvalue weighted by Gasteiger charge is 2.08. The Balaban J connectivity index is 2.61. The Labute approximate surface area is 118 Å². The van der Waals surface area contributed by atoms with Crippen molar-refractivity contribution < 1.29 is 0 Å². The quantitative estimate of drug-likeness (QED) is 0.539. The third kappa shape index (κ3) is 6.04. The smallest absolute Gasteiger partial charge is 0.0239 e. The Morgan fingerprint density at radius 3 is 2.68 bits per heavy atom. The number of benzene rings is 1. The molecule has 0 aromatic heterocycles. The molecule has 0 atom stereocenters. The molecule has 19 heavy (non-hydrogen) atoms. The molecule has 1 aromatic carbocycles. The summed E-state index contributed by atoms with van der Waals surface area (Å²) in [6.45, 7) is 14.5. The van der Waals surface area contributed by atoms with Gasteiger partial charge in [0.1, 0.15) is 0 Å². The maximum absolute atomic E-state index is 3.84. The third-order valence-electron chi connectivity index (χ3n) is 3.23. The fourth-order valence-electron chi connectivity index (χ4n) is 2.11. The van der Waals surface area contributed by atoms with Gasteiger partial charge in [0, 0.05) is 25.7 Å². The number of nitrogens with one attached hydrogen (secondary N) is 1. The summed E-state index contributed by atoms with van der Waals surface area (Å²) in [5.74, 6) is 0. The van der Waals surface area contributed by atoms with Crippen molar-refractivity contribution in [1.82, 2.24) is 10.2 Å². The van der Waals surface area contributed by atoms with Gasteiger partial charge in [-0.05, 0) is 37.9 Å². The molecule has 2 heteroatoms. The lowest BCUT2D eigenvalue weighted by molar-refractivity contribution is 0.237. The topological polar surface area (TPSA) is 15.3 Å². The molecule has 0 fully saturated rings. The molecule has 0 heterocycles. The first-order chi connectivity index (χ1) is 9.17. The van der Waals surface area contributed by atoms with Crippen LogP contribution in [0.3, 0.4) is 0 Å². The van der Waals surface area contributed by atoms with Gasteiger partial charge in [-0.15, -0.1) is 6.58 Å². The van der Waals surface area contributed by atoms with Gasteiger partial charge in [0.25, 0.3) is 0 Å². The molecule has 0 amide bonds. The fraction of sp³-hybridized carbons (Fsp3) is 0.529. The Morgan fingerprint density at radius 1 is 1.32 bits per heavy atom. The summed E-state index contributed by atoms with van der Waals surface area (Å²) in [7, 11) is 0. The SMILES string of the molecule is C=CCN(Cc1cccc(CNCCC)c1)C(C)C. The van der Waals surface area contributed by atoms with Crippen molar-refractivity contribution >= 4 is 0 Å². The first kappa shape index (κ1) is 15.9. The number of hydrogen-bond donors (Lipinski definition) is 1. The molecule has 0 unspecified atom stereocenters. The van der Waals surface area contributed by atoms with Crippen LogP contribution in [0.2, 0.25) is 0 Å². The van der Waals surface area contributed by atoms with E-state index < -0.39 is 0 Å². The van der Waals surface area contributed by atoms with Crippen LogP contribution in [-0.2, 0) is 13.1 Å². The molecular formula is C17H28N2. The Hall–Kier alpha value is -1.12. The second-order valence-electron chi connectivity index (χ2n) is 5.31. The molecule has 0 aliphatic heterocycles. The Morgan fingerprint density at radius 2 is 2.05 bits per heavy atom. The molecule has 0 spiro atoms. The van der Waals surface area contributed by atoms with Gasteiger partial charge < -0.3 is 5.32 Å². The number of rotatable bonds is 9. The molecule has 0 aliphatic carbocycles. The predicted octanol–water partition coefficient (Wildman–Crippen LogP) is 3.58. The second-order valence-corrected chi connectivity index (χ2v) is 5.31. The van der Waals surface area contributed by atoms with Gasteiger partial charge in [-0.1, -0.05) is 37.3 Å². The van der Waals surface area contributed by atoms with Crippen LogP contribution >= 0.6 is 0 Å². The van der Waals surface area contributed by atoms with Gasteiger partial charge in [0.15, 0.2) is 0 Å². The highest BCUT2D eigenvalue weighted by molar-refractivity contribution is 5.23. The summed E-state index contributed by atoms with van der Waals surface area (Å²) in [6.07, 6.45) is 3.16. The molecule has 0 radical (unpaired) electrons. The zero-order chi connectivity index (χ0) is 14.1. The summed E-state index contributed by atoms with van der Waals surface area (Å²) in [5.41, 5.74) is 2.75. The minimum absolute atomic E-state index is 0.542. The zero-order valence-electron chi connectivity index (χ0n) is 12.7. The molecule has 0 bridgehead atoms. The molecule has 1 aromatic rings. The lowest BCUT2D eigenvalue weighted by Gasteiger charge is -2.25. The average molecular weight is 260 g/mol. The summed E-state index contributed by atoms with van der Waals surface area (Å²) >= 11 is 0. The molecule has 0 saturated heterocycles. The van der Waals surface area contributed by atoms with Crippen molar-refractivity contribution in [2.45, 2.75) is 46.3 Å². The van der Waals surface area contributed by atoms with Gasteiger partial charge in [-0.3, -0.25) is 4.90 Å². The van der Waals surface area contributed by atoms with Gasteiger partial charge >= 0.3 is 0 Å². The van der Waals surface area contributed by atoms with E-state index in [2.05, 4.69) is 61.8 Å². The fourth-order valence-corrected chi connectivity index (χ4v) is 2.11. The van der Waals surface area contributed by atoms with E-state index in [1.165, 1.54) is 17.5 Å².